The average Bonchev–Trinajstić information content (AvgIpc) is 2.83. The highest BCUT2D eigenvalue weighted by Crippen LogP contribution is 2.42. The fourth-order valence-electron chi connectivity index (χ4n) is 4.16. The van der Waals surface area contributed by atoms with Crippen molar-refractivity contribution in [1.29, 1.82) is 5.26 Å². The number of hydrogen-bond donors (Lipinski definition) is 1. The van der Waals surface area contributed by atoms with E-state index >= 15 is 0 Å². The predicted molar refractivity (Wildman–Crippen MR) is 130 cm³/mol. The van der Waals surface area contributed by atoms with Gasteiger partial charge in [0, 0.05) is 0 Å². The Bertz CT molecular complexity index is 1220. The molecule has 184 valence electrons. The van der Waals surface area contributed by atoms with Crippen molar-refractivity contribution < 1.29 is 28.5 Å². The maximum absolute atomic E-state index is 12.9. The van der Waals surface area contributed by atoms with E-state index in [0.29, 0.717) is 23.0 Å². The molecule has 1 aliphatic rings. The summed E-state index contributed by atoms with van der Waals surface area (Å²) in [5.74, 6) is 0.574. The molecule has 0 fully saturated rings. The topological polar surface area (TPSA) is 113 Å². The van der Waals surface area contributed by atoms with Crippen LogP contribution in [0.4, 0.5) is 0 Å². The second-order valence-electron chi connectivity index (χ2n) is 8.03. The number of hydrogen-bond acceptors (Lipinski definition) is 8. The molecule has 8 heteroatoms. The fraction of sp³-hybridized carbons (Fsp3) is 0.333. The summed E-state index contributed by atoms with van der Waals surface area (Å²) in [6, 6.07) is 11.4. The number of allylic oxidation sites excluding steroid dienone is 2. The Morgan fingerprint density at radius 2 is 1.77 bits per heavy atom. The molecule has 1 atom stereocenters. The molecular formula is C27H30N2O6. The molecule has 2 N–H and O–H groups in total. The van der Waals surface area contributed by atoms with E-state index in [0.717, 1.165) is 22.3 Å². The molecule has 1 aliphatic heterocycles. The molecule has 8 nitrogen and oxygen atoms in total. The highest BCUT2D eigenvalue weighted by atomic mass is 16.5. The van der Waals surface area contributed by atoms with Crippen molar-refractivity contribution in [1.82, 2.24) is 0 Å². The fourth-order valence-corrected chi connectivity index (χ4v) is 4.16. The van der Waals surface area contributed by atoms with Crippen LogP contribution in [0.3, 0.4) is 0 Å². The second-order valence-corrected chi connectivity index (χ2v) is 8.03. The normalized spacial score (nSPS) is 15.3. The zero-order valence-corrected chi connectivity index (χ0v) is 20.9. The van der Waals surface area contributed by atoms with Gasteiger partial charge in [0.05, 0.1) is 32.3 Å². The third-order valence-corrected chi connectivity index (χ3v) is 5.89. The number of methoxy groups -OCH3 is 2. The number of carbonyl (C=O) groups is 1. The van der Waals surface area contributed by atoms with Crippen LogP contribution in [0.5, 0.6) is 17.2 Å². The number of aryl methyl sites for hydroxylation is 2. The molecule has 0 saturated heterocycles. The Morgan fingerprint density at radius 3 is 2.34 bits per heavy atom. The van der Waals surface area contributed by atoms with Gasteiger partial charge in [0.25, 0.3) is 0 Å². The number of esters is 1. The highest BCUT2D eigenvalue weighted by molar-refractivity contribution is 5.92. The molecule has 2 aromatic rings. The maximum atomic E-state index is 12.9. The minimum absolute atomic E-state index is 0.0282. The monoisotopic (exact) mass is 478 g/mol. The summed E-state index contributed by atoms with van der Waals surface area (Å²) in [7, 11) is 3.13. The lowest BCUT2D eigenvalue weighted by molar-refractivity contribution is -0.139. The van der Waals surface area contributed by atoms with Gasteiger partial charge in [0.1, 0.15) is 24.0 Å². The quantitative estimate of drug-likeness (QED) is 0.550. The van der Waals surface area contributed by atoms with Crippen LogP contribution < -0.4 is 19.9 Å². The van der Waals surface area contributed by atoms with Gasteiger partial charge in [-0.3, -0.25) is 0 Å². The van der Waals surface area contributed by atoms with E-state index in [1.165, 1.54) is 0 Å². The minimum Gasteiger partial charge on any atom is -0.493 e. The Balaban J connectivity index is 2.09. The summed E-state index contributed by atoms with van der Waals surface area (Å²) >= 11 is 0. The zero-order valence-electron chi connectivity index (χ0n) is 20.9. The summed E-state index contributed by atoms with van der Waals surface area (Å²) < 4.78 is 27.8. The molecule has 0 aromatic heterocycles. The smallest absolute Gasteiger partial charge is 0.338 e. The van der Waals surface area contributed by atoms with Gasteiger partial charge in [0.2, 0.25) is 11.6 Å². The van der Waals surface area contributed by atoms with Crippen LogP contribution in [0.15, 0.2) is 53.1 Å². The van der Waals surface area contributed by atoms with Crippen molar-refractivity contribution >= 4 is 5.97 Å². The van der Waals surface area contributed by atoms with Gasteiger partial charge in [-0.2, -0.15) is 5.26 Å². The first kappa shape index (κ1) is 25.5. The summed E-state index contributed by atoms with van der Waals surface area (Å²) in [4.78, 5) is 12.9. The Labute approximate surface area is 205 Å². The molecule has 1 heterocycles. The van der Waals surface area contributed by atoms with Gasteiger partial charge < -0.3 is 29.4 Å². The van der Waals surface area contributed by atoms with Gasteiger partial charge in [-0.15, -0.1) is 0 Å². The largest absolute Gasteiger partial charge is 0.493 e. The van der Waals surface area contributed by atoms with Gasteiger partial charge in [-0.05, 0) is 62.1 Å². The van der Waals surface area contributed by atoms with Crippen molar-refractivity contribution in [3.63, 3.8) is 0 Å². The van der Waals surface area contributed by atoms with Gasteiger partial charge >= 0.3 is 5.97 Å². The molecular weight excluding hydrogens is 448 g/mol. The first-order valence-corrected chi connectivity index (χ1v) is 11.2. The zero-order chi connectivity index (χ0) is 25.7. The summed E-state index contributed by atoms with van der Waals surface area (Å²) in [6.07, 6.45) is 0. The molecule has 0 unspecified atom stereocenters. The van der Waals surface area contributed by atoms with Gasteiger partial charge in [-0.25, -0.2) is 4.79 Å². The van der Waals surface area contributed by atoms with Crippen molar-refractivity contribution in [3.05, 3.63) is 75.4 Å². The molecule has 0 amide bonds. The van der Waals surface area contributed by atoms with Crippen LogP contribution in [0.2, 0.25) is 0 Å². The van der Waals surface area contributed by atoms with E-state index in [4.69, 9.17) is 29.4 Å². The van der Waals surface area contributed by atoms with Crippen LogP contribution in [-0.4, -0.2) is 26.8 Å². The molecule has 0 bridgehead atoms. The first-order chi connectivity index (χ1) is 16.8. The van der Waals surface area contributed by atoms with E-state index in [1.54, 1.807) is 40.2 Å². The number of benzene rings is 2. The van der Waals surface area contributed by atoms with Crippen molar-refractivity contribution in [3.8, 4) is 23.3 Å². The third kappa shape index (κ3) is 5.04. The van der Waals surface area contributed by atoms with Crippen molar-refractivity contribution in [2.75, 3.05) is 20.8 Å². The standard InChI is InChI=1S/C27H30N2O6/c1-7-33-27(30)23-17(4)35-26(29)20(13-28)24(23)19-12-18(15(2)11-16(19)3)14-34-25-21(31-5)9-8-10-22(25)32-6/h8-12,24H,7,14,29H2,1-6H3/t24-/m1/s1. The number of nitrogens with two attached hydrogens (primary N) is 1. The van der Waals surface area contributed by atoms with E-state index in [2.05, 4.69) is 6.07 Å². The first-order valence-electron chi connectivity index (χ1n) is 11.2. The molecule has 0 radical (unpaired) electrons. The lowest BCUT2D eigenvalue weighted by atomic mass is 9.80. The number of carbonyl (C=O) groups excluding carboxylic acids is 1. The Morgan fingerprint density at radius 1 is 1.11 bits per heavy atom. The predicted octanol–water partition coefficient (Wildman–Crippen LogP) is 4.54. The van der Waals surface area contributed by atoms with Crippen molar-refractivity contribution in [2.24, 2.45) is 5.73 Å². The lowest BCUT2D eigenvalue weighted by Gasteiger charge is -2.28. The third-order valence-electron chi connectivity index (χ3n) is 5.89. The summed E-state index contributed by atoms with van der Waals surface area (Å²) in [6.45, 7) is 7.66. The van der Waals surface area contributed by atoms with E-state index in [9.17, 15) is 10.1 Å². The van der Waals surface area contributed by atoms with Crippen molar-refractivity contribution in [2.45, 2.75) is 40.2 Å². The van der Waals surface area contributed by atoms with E-state index in [-0.39, 0.29) is 30.2 Å². The van der Waals surface area contributed by atoms with Gasteiger partial charge in [0.15, 0.2) is 11.5 Å². The van der Waals surface area contributed by atoms with Crippen LogP contribution in [0, 0.1) is 25.2 Å². The van der Waals surface area contributed by atoms with Gasteiger partial charge in [-0.1, -0.05) is 18.2 Å². The number of nitriles is 1. The number of nitrogens with zero attached hydrogens (tertiary/aromatic N) is 1. The maximum Gasteiger partial charge on any atom is 0.338 e. The average molecular weight is 479 g/mol. The molecule has 35 heavy (non-hydrogen) atoms. The molecule has 0 saturated carbocycles. The summed E-state index contributed by atoms with van der Waals surface area (Å²) in [5.41, 5.74) is 9.95. The Hall–Kier alpha value is -4.12. The highest BCUT2D eigenvalue weighted by Gasteiger charge is 2.37. The lowest BCUT2D eigenvalue weighted by Crippen LogP contribution is -2.26. The van der Waals surface area contributed by atoms with E-state index < -0.39 is 11.9 Å². The molecule has 0 aliphatic carbocycles. The van der Waals surface area contributed by atoms with E-state index in [1.807, 2.05) is 32.0 Å². The molecule has 0 spiro atoms. The SMILES string of the molecule is CCOC(=O)C1=C(C)OC(N)=C(C#N)[C@H]1c1cc(COc2c(OC)cccc2OC)c(C)cc1C. The minimum atomic E-state index is -0.729. The number of rotatable bonds is 8. The summed E-state index contributed by atoms with van der Waals surface area (Å²) in [5, 5.41) is 9.90. The number of ether oxygens (including phenoxy) is 5. The Kier molecular flexibility index (Phi) is 7.92. The van der Waals surface area contributed by atoms with Crippen LogP contribution in [0.1, 0.15) is 42.0 Å². The van der Waals surface area contributed by atoms with Crippen LogP contribution in [0.25, 0.3) is 0 Å². The molecule has 3 rings (SSSR count). The van der Waals surface area contributed by atoms with Crippen LogP contribution >= 0.6 is 0 Å². The second kappa shape index (κ2) is 10.9. The van der Waals surface area contributed by atoms with Crippen LogP contribution in [-0.2, 0) is 20.9 Å². The number of para-hydroxylation sites is 1. The molecule has 2 aromatic carbocycles.